The minimum Gasteiger partial charge on any atom is -0.488 e. The first kappa shape index (κ1) is 16.9. The molecule has 0 spiro atoms. The van der Waals surface area contributed by atoms with Gasteiger partial charge >= 0.3 is 0 Å². The van der Waals surface area contributed by atoms with Gasteiger partial charge in [0.2, 0.25) is 5.91 Å². The van der Waals surface area contributed by atoms with Gasteiger partial charge in [0.05, 0.1) is 12.3 Å². The van der Waals surface area contributed by atoms with Gasteiger partial charge in [-0.2, -0.15) is 0 Å². The fourth-order valence-corrected chi connectivity index (χ4v) is 3.74. The van der Waals surface area contributed by atoms with Crippen molar-refractivity contribution < 1.29 is 13.9 Å². The van der Waals surface area contributed by atoms with Crippen molar-refractivity contribution >= 4 is 28.8 Å². The van der Waals surface area contributed by atoms with Crippen LogP contribution in [-0.2, 0) is 4.79 Å². The molecule has 6 nitrogen and oxygen atoms in total. The first-order valence-corrected chi connectivity index (χ1v) is 9.59. The molecule has 1 fully saturated rings. The number of rotatable bonds is 5. The average molecular weight is 369 g/mol. The number of nitrogens with zero attached hydrogens (tertiary/aromatic N) is 3. The number of fused-ring (bicyclic) bond motifs is 1. The monoisotopic (exact) mass is 369 g/mol. The number of ether oxygens (including phenoxy) is 1. The molecule has 1 aliphatic heterocycles. The van der Waals surface area contributed by atoms with Gasteiger partial charge in [0, 0.05) is 18.9 Å². The van der Waals surface area contributed by atoms with Gasteiger partial charge in [0.15, 0.2) is 5.58 Å². The standard InChI is InChI=1S/C19H19N3O3S/c23-18(13-26-19-21-16-5-1-2-6-17(16)25-19)22-11-3-4-15(12-22)24-14-7-9-20-10-8-14/h1-2,5-10,15H,3-4,11-13H2. The molecule has 2 aromatic heterocycles. The Morgan fingerprint density at radius 2 is 2.12 bits per heavy atom. The number of thioether (sulfide) groups is 1. The fraction of sp³-hybridized carbons (Fsp3) is 0.316. The number of likely N-dealkylation sites (tertiary alicyclic amines) is 1. The zero-order valence-corrected chi connectivity index (χ0v) is 15.0. The largest absolute Gasteiger partial charge is 0.488 e. The van der Waals surface area contributed by atoms with Gasteiger partial charge in [-0.1, -0.05) is 23.9 Å². The third kappa shape index (κ3) is 3.99. The molecule has 1 saturated heterocycles. The highest BCUT2D eigenvalue weighted by molar-refractivity contribution is 7.99. The van der Waals surface area contributed by atoms with Gasteiger partial charge in [-0.05, 0) is 37.1 Å². The van der Waals surface area contributed by atoms with Crippen LogP contribution < -0.4 is 4.74 Å². The number of para-hydroxylation sites is 2. The summed E-state index contributed by atoms with van der Waals surface area (Å²) >= 11 is 1.34. The average Bonchev–Trinajstić information content (AvgIpc) is 3.10. The van der Waals surface area contributed by atoms with Crippen LogP contribution in [0, 0.1) is 0 Å². The molecular formula is C19H19N3O3S. The molecule has 1 aliphatic rings. The third-order valence-corrected chi connectivity index (χ3v) is 5.09. The van der Waals surface area contributed by atoms with Crippen LogP contribution in [0.1, 0.15) is 12.8 Å². The highest BCUT2D eigenvalue weighted by Crippen LogP contribution is 2.24. The van der Waals surface area contributed by atoms with E-state index in [0.717, 1.165) is 36.2 Å². The van der Waals surface area contributed by atoms with Crippen molar-refractivity contribution in [1.82, 2.24) is 14.9 Å². The Morgan fingerprint density at radius 3 is 2.96 bits per heavy atom. The maximum atomic E-state index is 12.6. The predicted molar refractivity (Wildman–Crippen MR) is 99.2 cm³/mol. The van der Waals surface area contributed by atoms with Gasteiger partial charge in [-0.3, -0.25) is 9.78 Å². The molecule has 1 atom stereocenters. The summed E-state index contributed by atoms with van der Waals surface area (Å²) in [4.78, 5) is 22.8. The Morgan fingerprint density at radius 1 is 1.27 bits per heavy atom. The number of benzene rings is 1. The van der Waals surface area contributed by atoms with Crippen LogP contribution in [0.3, 0.4) is 0 Å². The lowest BCUT2D eigenvalue weighted by Crippen LogP contribution is -2.45. The molecule has 4 rings (SSSR count). The second-order valence-electron chi connectivity index (χ2n) is 6.14. The Balaban J connectivity index is 1.32. The maximum absolute atomic E-state index is 12.6. The van der Waals surface area contributed by atoms with Crippen LogP contribution in [0.5, 0.6) is 5.75 Å². The minimum absolute atomic E-state index is 0.0180. The smallest absolute Gasteiger partial charge is 0.257 e. The van der Waals surface area contributed by atoms with E-state index in [4.69, 9.17) is 9.15 Å². The van der Waals surface area contributed by atoms with E-state index in [9.17, 15) is 4.79 Å². The van der Waals surface area contributed by atoms with Crippen molar-refractivity contribution in [1.29, 1.82) is 0 Å². The van der Waals surface area contributed by atoms with E-state index >= 15 is 0 Å². The van der Waals surface area contributed by atoms with Crippen molar-refractivity contribution in [3.8, 4) is 5.75 Å². The van der Waals surface area contributed by atoms with Crippen LogP contribution >= 0.6 is 11.8 Å². The van der Waals surface area contributed by atoms with Crippen LogP contribution in [0.15, 0.2) is 58.4 Å². The number of carbonyl (C=O) groups excluding carboxylic acids is 1. The number of pyridine rings is 1. The summed E-state index contributed by atoms with van der Waals surface area (Å²) in [5.74, 6) is 1.19. The molecule has 0 aliphatic carbocycles. The summed E-state index contributed by atoms with van der Waals surface area (Å²) in [6, 6.07) is 11.3. The van der Waals surface area contributed by atoms with E-state index in [2.05, 4.69) is 9.97 Å². The van der Waals surface area contributed by atoms with Gasteiger partial charge < -0.3 is 14.1 Å². The van der Waals surface area contributed by atoms with Crippen LogP contribution in [0.25, 0.3) is 11.1 Å². The van der Waals surface area contributed by atoms with E-state index in [1.807, 2.05) is 41.3 Å². The summed E-state index contributed by atoms with van der Waals surface area (Å²) in [5, 5.41) is 0.529. The van der Waals surface area contributed by atoms with E-state index in [1.54, 1.807) is 12.4 Å². The number of hydrogen-bond acceptors (Lipinski definition) is 6. The molecule has 0 N–H and O–H groups in total. The summed E-state index contributed by atoms with van der Waals surface area (Å²) in [6.45, 7) is 1.37. The van der Waals surface area contributed by atoms with Gasteiger partial charge in [0.25, 0.3) is 5.22 Å². The highest BCUT2D eigenvalue weighted by atomic mass is 32.2. The van der Waals surface area contributed by atoms with Gasteiger partial charge in [-0.15, -0.1) is 0 Å². The van der Waals surface area contributed by atoms with Crippen molar-refractivity contribution in [2.24, 2.45) is 0 Å². The summed E-state index contributed by atoms with van der Waals surface area (Å²) in [7, 11) is 0. The number of hydrogen-bond donors (Lipinski definition) is 0. The molecule has 1 unspecified atom stereocenters. The lowest BCUT2D eigenvalue weighted by atomic mass is 10.1. The normalized spacial score (nSPS) is 17.4. The summed E-state index contributed by atoms with van der Waals surface area (Å²) in [6.07, 6.45) is 5.32. The maximum Gasteiger partial charge on any atom is 0.257 e. The minimum atomic E-state index is 0.0180. The van der Waals surface area contributed by atoms with E-state index < -0.39 is 0 Å². The number of piperidine rings is 1. The van der Waals surface area contributed by atoms with E-state index in [0.29, 0.717) is 17.5 Å². The van der Waals surface area contributed by atoms with Crippen LogP contribution in [0.2, 0.25) is 0 Å². The van der Waals surface area contributed by atoms with Crippen molar-refractivity contribution in [3.05, 3.63) is 48.8 Å². The number of carbonyl (C=O) groups is 1. The molecular weight excluding hydrogens is 350 g/mol. The number of oxazole rings is 1. The predicted octanol–water partition coefficient (Wildman–Crippen LogP) is 3.38. The van der Waals surface area contributed by atoms with Crippen LogP contribution in [0.4, 0.5) is 0 Å². The Labute approximate surface area is 155 Å². The third-order valence-electron chi connectivity index (χ3n) is 4.28. The molecule has 134 valence electrons. The molecule has 26 heavy (non-hydrogen) atoms. The SMILES string of the molecule is O=C(CSc1nc2ccccc2o1)N1CCCC(Oc2ccncc2)C1. The molecule has 0 bridgehead atoms. The van der Waals surface area contributed by atoms with E-state index in [-0.39, 0.29) is 12.0 Å². The topological polar surface area (TPSA) is 68.5 Å². The molecule has 3 heterocycles. The Hall–Kier alpha value is -2.54. The molecule has 1 aromatic carbocycles. The molecule has 7 heteroatoms. The molecule has 3 aromatic rings. The lowest BCUT2D eigenvalue weighted by Gasteiger charge is -2.32. The first-order chi connectivity index (χ1) is 12.8. The fourth-order valence-electron chi connectivity index (χ4n) is 3.00. The van der Waals surface area contributed by atoms with E-state index in [1.165, 1.54) is 11.8 Å². The molecule has 1 amide bonds. The Kier molecular flexibility index (Phi) is 5.06. The van der Waals surface area contributed by atoms with Crippen molar-refractivity contribution in [2.45, 2.75) is 24.2 Å². The van der Waals surface area contributed by atoms with Gasteiger partial charge in [0.1, 0.15) is 17.4 Å². The summed E-state index contributed by atoms with van der Waals surface area (Å²) in [5.41, 5.74) is 1.55. The quantitative estimate of drug-likeness (QED) is 0.642. The van der Waals surface area contributed by atoms with Crippen molar-refractivity contribution in [3.63, 3.8) is 0 Å². The zero-order valence-electron chi connectivity index (χ0n) is 14.2. The number of amides is 1. The van der Waals surface area contributed by atoms with Gasteiger partial charge in [-0.25, -0.2) is 4.98 Å². The number of aromatic nitrogens is 2. The zero-order chi connectivity index (χ0) is 17.8. The lowest BCUT2D eigenvalue weighted by molar-refractivity contribution is -0.130. The molecule has 0 radical (unpaired) electrons. The molecule has 0 saturated carbocycles. The Bertz CT molecular complexity index is 851. The highest BCUT2D eigenvalue weighted by Gasteiger charge is 2.25. The van der Waals surface area contributed by atoms with Crippen molar-refractivity contribution in [2.75, 3.05) is 18.8 Å². The second-order valence-corrected chi connectivity index (χ2v) is 7.07. The second kappa shape index (κ2) is 7.78. The summed E-state index contributed by atoms with van der Waals surface area (Å²) < 4.78 is 11.6. The first-order valence-electron chi connectivity index (χ1n) is 8.61. The van der Waals surface area contributed by atoms with Crippen LogP contribution in [-0.4, -0.2) is 45.7 Å².